The van der Waals surface area contributed by atoms with E-state index in [1.807, 2.05) is 6.07 Å². The minimum absolute atomic E-state index is 0.0141. The van der Waals surface area contributed by atoms with Crippen molar-refractivity contribution in [2.45, 2.75) is 6.54 Å². The Morgan fingerprint density at radius 2 is 1.92 bits per heavy atom. The van der Waals surface area contributed by atoms with Gasteiger partial charge in [0.1, 0.15) is 17.4 Å². The van der Waals surface area contributed by atoms with Crippen LogP contribution < -0.4 is 10.1 Å². The highest BCUT2D eigenvalue weighted by Crippen LogP contribution is 2.22. The summed E-state index contributed by atoms with van der Waals surface area (Å²) in [7, 11) is 1.57. The first-order chi connectivity index (χ1) is 11.5. The third-order valence-electron chi connectivity index (χ3n) is 3.23. The smallest absolute Gasteiger partial charge is 0.262 e. The second kappa shape index (κ2) is 8.39. The van der Waals surface area contributed by atoms with Gasteiger partial charge in [-0.1, -0.05) is 41.4 Å². The van der Waals surface area contributed by atoms with Crippen molar-refractivity contribution in [1.29, 1.82) is 5.26 Å². The highest BCUT2D eigenvalue weighted by atomic mass is 35.5. The molecule has 0 atom stereocenters. The highest BCUT2D eigenvalue weighted by Gasteiger charge is 2.09. The molecule has 0 radical (unpaired) electrons. The summed E-state index contributed by atoms with van der Waals surface area (Å²) < 4.78 is 5.07. The van der Waals surface area contributed by atoms with Gasteiger partial charge < -0.3 is 10.1 Å². The minimum atomic E-state index is -0.459. The van der Waals surface area contributed by atoms with E-state index in [9.17, 15) is 10.1 Å². The molecule has 0 bridgehead atoms. The Bertz CT molecular complexity index is 809. The normalized spacial score (nSPS) is 10.8. The van der Waals surface area contributed by atoms with Crippen LogP contribution >= 0.6 is 23.2 Å². The van der Waals surface area contributed by atoms with Gasteiger partial charge in [0.15, 0.2) is 0 Å². The average Bonchev–Trinajstić information content (AvgIpc) is 2.61. The summed E-state index contributed by atoms with van der Waals surface area (Å²) in [5.41, 5.74) is 1.54. The molecule has 1 amide bonds. The minimum Gasteiger partial charge on any atom is -0.497 e. The van der Waals surface area contributed by atoms with Crippen LogP contribution in [0.5, 0.6) is 5.75 Å². The number of hydrogen-bond acceptors (Lipinski definition) is 3. The molecule has 6 heteroatoms. The van der Waals surface area contributed by atoms with Crippen LogP contribution in [0.2, 0.25) is 10.0 Å². The van der Waals surface area contributed by atoms with Gasteiger partial charge in [-0.25, -0.2) is 0 Å². The van der Waals surface area contributed by atoms with Gasteiger partial charge in [0.2, 0.25) is 0 Å². The fourth-order valence-corrected chi connectivity index (χ4v) is 2.26. The van der Waals surface area contributed by atoms with E-state index in [0.29, 0.717) is 15.8 Å². The van der Waals surface area contributed by atoms with Crippen molar-refractivity contribution in [2.24, 2.45) is 0 Å². The third-order valence-corrected chi connectivity index (χ3v) is 3.97. The van der Waals surface area contributed by atoms with Crippen molar-refractivity contribution in [3.05, 3.63) is 69.2 Å². The quantitative estimate of drug-likeness (QED) is 0.641. The third kappa shape index (κ3) is 4.76. The molecule has 24 heavy (non-hydrogen) atoms. The number of benzene rings is 2. The molecule has 0 spiro atoms. The number of amides is 1. The van der Waals surface area contributed by atoms with Gasteiger partial charge in [-0.05, 0) is 41.5 Å². The number of rotatable bonds is 5. The molecule has 0 aliphatic carbocycles. The van der Waals surface area contributed by atoms with E-state index in [1.54, 1.807) is 49.6 Å². The largest absolute Gasteiger partial charge is 0.497 e. The van der Waals surface area contributed by atoms with Gasteiger partial charge >= 0.3 is 0 Å². The summed E-state index contributed by atoms with van der Waals surface area (Å²) in [6, 6.07) is 14.0. The van der Waals surface area contributed by atoms with Crippen LogP contribution in [0.4, 0.5) is 0 Å². The van der Waals surface area contributed by atoms with Gasteiger partial charge in [-0.15, -0.1) is 0 Å². The number of carbonyl (C=O) groups is 1. The second-order valence-corrected chi connectivity index (χ2v) is 5.69. The molecule has 2 aromatic rings. The van der Waals surface area contributed by atoms with Crippen molar-refractivity contribution < 1.29 is 9.53 Å². The SMILES string of the molecule is COc1ccc(/C=C(\C#N)C(=O)NCc2ccc(Cl)c(Cl)c2)cc1. The zero-order valence-corrected chi connectivity index (χ0v) is 14.4. The number of ether oxygens (including phenoxy) is 1. The lowest BCUT2D eigenvalue weighted by Gasteiger charge is -2.06. The van der Waals surface area contributed by atoms with Crippen molar-refractivity contribution >= 4 is 35.2 Å². The first kappa shape index (κ1) is 17.9. The van der Waals surface area contributed by atoms with Gasteiger partial charge in [-0.2, -0.15) is 5.26 Å². The molecule has 0 heterocycles. The first-order valence-electron chi connectivity index (χ1n) is 7.01. The van der Waals surface area contributed by atoms with E-state index < -0.39 is 5.91 Å². The Labute approximate surface area is 150 Å². The summed E-state index contributed by atoms with van der Waals surface area (Å²) in [6.07, 6.45) is 1.52. The fraction of sp³-hybridized carbons (Fsp3) is 0.111. The van der Waals surface area contributed by atoms with E-state index >= 15 is 0 Å². The van der Waals surface area contributed by atoms with Crippen molar-refractivity contribution in [3.63, 3.8) is 0 Å². The molecule has 4 nitrogen and oxygen atoms in total. The molecule has 0 unspecified atom stereocenters. The molecule has 2 rings (SSSR count). The Kier molecular flexibility index (Phi) is 6.25. The molecule has 0 aliphatic rings. The van der Waals surface area contributed by atoms with E-state index in [4.69, 9.17) is 27.9 Å². The van der Waals surface area contributed by atoms with E-state index in [1.165, 1.54) is 6.08 Å². The predicted molar refractivity (Wildman–Crippen MR) is 94.9 cm³/mol. The monoisotopic (exact) mass is 360 g/mol. The van der Waals surface area contributed by atoms with Gasteiger partial charge in [0.05, 0.1) is 17.2 Å². The molecule has 0 fully saturated rings. The van der Waals surface area contributed by atoms with Crippen LogP contribution in [0.1, 0.15) is 11.1 Å². The summed E-state index contributed by atoms with van der Waals surface area (Å²) in [5.74, 6) is 0.245. The maximum Gasteiger partial charge on any atom is 0.262 e. The van der Waals surface area contributed by atoms with Gasteiger partial charge in [0.25, 0.3) is 5.91 Å². The van der Waals surface area contributed by atoms with E-state index in [2.05, 4.69) is 5.32 Å². The van der Waals surface area contributed by atoms with E-state index in [-0.39, 0.29) is 12.1 Å². The molecule has 122 valence electrons. The maximum atomic E-state index is 12.1. The summed E-state index contributed by atoms with van der Waals surface area (Å²) in [6.45, 7) is 0.247. The topological polar surface area (TPSA) is 62.1 Å². The van der Waals surface area contributed by atoms with Crippen LogP contribution in [0, 0.1) is 11.3 Å². The van der Waals surface area contributed by atoms with Crippen molar-refractivity contribution in [2.75, 3.05) is 7.11 Å². The summed E-state index contributed by atoms with van der Waals surface area (Å²) >= 11 is 11.8. The fourth-order valence-electron chi connectivity index (χ4n) is 1.94. The Morgan fingerprint density at radius 3 is 2.50 bits per heavy atom. The molecule has 0 aromatic heterocycles. The summed E-state index contributed by atoms with van der Waals surface area (Å²) in [4.78, 5) is 12.1. The number of halogens is 2. The molecule has 0 aliphatic heterocycles. The standard InChI is InChI=1S/C18H14Cl2N2O2/c1-24-15-5-2-12(3-6-15)8-14(10-21)18(23)22-11-13-4-7-16(19)17(20)9-13/h2-9H,11H2,1H3,(H,22,23)/b14-8+. The average molecular weight is 361 g/mol. The zero-order chi connectivity index (χ0) is 17.5. The molecular formula is C18H14Cl2N2O2. The second-order valence-electron chi connectivity index (χ2n) is 4.87. The zero-order valence-electron chi connectivity index (χ0n) is 12.8. The number of hydrogen-bond donors (Lipinski definition) is 1. The molecule has 0 saturated heterocycles. The van der Waals surface area contributed by atoms with Crippen LogP contribution in [0.25, 0.3) is 6.08 Å². The highest BCUT2D eigenvalue weighted by molar-refractivity contribution is 6.42. The van der Waals surface area contributed by atoms with Crippen LogP contribution in [0.15, 0.2) is 48.0 Å². The molecule has 1 N–H and O–H groups in total. The van der Waals surface area contributed by atoms with Gasteiger partial charge in [-0.3, -0.25) is 4.79 Å². The Balaban J connectivity index is 2.06. The maximum absolute atomic E-state index is 12.1. The Morgan fingerprint density at radius 1 is 1.21 bits per heavy atom. The number of methoxy groups -OCH3 is 1. The van der Waals surface area contributed by atoms with Crippen LogP contribution in [0.3, 0.4) is 0 Å². The van der Waals surface area contributed by atoms with E-state index in [0.717, 1.165) is 11.1 Å². The number of nitrogens with one attached hydrogen (secondary N) is 1. The molecule has 2 aromatic carbocycles. The predicted octanol–water partition coefficient (Wildman–Crippen LogP) is 4.23. The lowest BCUT2D eigenvalue weighted by molar-refractivity contribution is -0.117. The van der Waals surface area contributed by atoms with Crippen molar-refractivity contribution in [1.82, 2.24) is 5.32 Å². The van der Waals surface area contributed by atoms with Crippen LogP contribution in [-0.4, -0.2) is 13.0 Å². The number of nitriles is 1. The number of carbonyl (C=O) groups excluding carboxylic acids is 1. The number of nitrogens with zero attached hydrogens (tertiary/aromatic N) is 1. The lowest BCUT2D eigenvalue weighted by Crippen LogP contribution is -2.23. The van der Waals surface area contributed by atoms with Crippen LogP contribution in [-0.2, 0) is 11.3 Å². The first-order valence-corrected chi connectivity index (χ1v) is 7.77. The van der Waals surface area contributed by atoms with Gasteiger partial charge in [0, 0.05) is 6.54 Å². The lowest BCUT2D eigenvalue weighted by atomic mass is 10.1. The summed E-state index contributed by atoms with van der Waals surface area (Å²) in [5, 5.41) is 12.7. The molecular weight excluding hydrogens is 347 g/mol. The van der Waals surface area contributed by atoms with Crippen molar-refractivity contribution in [3.8, 4) is 11.8 Å². The Hall–Kier alpha value is -2.48. The molecule has 0 saturated carbocycles.